The molecule has 1 aromatic carbocycles. The summed E-state index contributed by atoms with van der Waals surface area (Å²) in [5, 5.41) is 1.25. The molecule has 2 aromatic heterocycles. The molecule has 0 aliphatic carbocycles. The summed E-state index contributed by atoms with van der Waals surface area (Å²) in [5.41, 5.74) is 6.07. The Morgan fingerprint density at radius 1 is 1.04 bits per heavy atom. The lowest BCUT2D eigenvalue weighted by atomic mass is 10.0. The van der Waals surface area contributed by atoms with Crippen LogP contribution in [-0.2, 0) is 7.05 Å². The van der Waals surface area contributed by atoms with Crippen molar-refractivity contribution in [2.45, 2.75) is 46.5 Å². The minimum absolute atomic E-state index is 0.378. The number of aromatic nitrogens is 3. The summed E-state index contributed by atoms with van der Waals surface area (Å²) in [6.45, 7) is 11.1. The lowest BCUT2D eigenvalue weighted by molar-refractivity contribution is -0.742. The summed E-state index contributed by atoms with van der Waals surface area (Å²) in [7, 11) is 2.10. The Morgan fingerprint density at radius 3 is 2.39 bits per heavy atom. The summed E-state index contributed by atoms with van der Waals surface area (Å²) < 4.78 is 4.45. The van der Waals surface area contributed by atoms with Crippen molar-refractivity contribution in [2.75, 3.05) is 0 Å². The lowest BCUT2D eigenvalue weighted by Crippen LogP contribution is -2.38. The van der Waals surface area contributed by atoms with Crippen LogP contribution in [0.1, 0.15) is 56.5 Å². The average molecular weight is 308 g/mol. The molecule has 0 spiro atoms. The molecule has 0 unspecified atom stereocenters. The highest BCUT2D eigenvalue weighted by atomic mass is 15.4. The molecular formula is C20H26N3+. The van der Waals surface area contributed by atoms with Crippen LogP contribution in [0.3, 0.4) is 0 Å². The van der Waals surface area contributed by atoms with E-state index in [9.17, 15) is 0 Å². The van der Waals surface area contributed by atoms with Gasteiger partial charge in [0.2, 0.25) is 6.20 Å². The third-order valence-electron chi connectivity index (χ3n) is 4.39. The van der Waals surface area contributed by atoms with Gasteiger partial charge in [0.05, 0.1) is 11.1 Å². The first-order valence-corrected chi connectivity index (χ1v) is 8.38. The maximum Gasteiger partial charge on any atom is 0.203 e. The third-order valence-corrected chi connectivity index (χ3v) is 4.39. The Balaban J connectivity index is 2.36. The summed E-state index contributed by atoms with van der Waals surface area (Å²) in [4.78, 5) is 5.00. The van der Waals surface area contributed by atoms with Crippen molar-refractivity contribution in [3.63, 3.8) is 0 Å². The van der Waals surface area contributed by atoms with E-state index >= 15 is 0 Å². The molecule has 0 fully saturated rings. The predicted octanol–water partition coefficient (Wildman–Crippen LogP) is 4.41. The smallest absolute Gasteiger partial charge is 0.203 e. The fraction of sp³-hybridized carbons (Fsp3) is 0.400. The Bertz CT molecular complexity index is 857. The molecule has 0 amide bonds. The molecule has 2 heterocycles. The summed E-state index contributed by atoms with van der Waals surface area (Å²) in [6, 6.07) is 10.8. The molecule has 0 bridgehead atoms. The summed E-state index contributed by atoms with van der Waals surface area (Å²) in [5.74, 6) is 0.818. The van der Waals surface area contributed by atoms with E-state index in [-0.39, 0.29) is 0 Å². The lowest BCUT2D eigenvalue weighted by Gasteiger charge is -2.17. The molecule has 120 valence electrons. The van der Waals surface area contributed by atoms with E-state index in [1.54, 1.807) is 0 Å². The van der Waals surface area contributed by atoms with E-state index in [0.29, 0.717) is 11.8 Å². The molecule has 0 aliphatic heterocycles. The van der Waals surface area contributed by atoms with Gasteiger partial charge < -0.3 is 0 Å². The van der Waals surface area contributed by atoms with Crippen molar-refractivity contribution in [2.24, 2.45) is 7.05 Å². The number of para-hydroxylation sites is 1. The molecular weight excluding hydrogens is 282 g/mol. The van der Waals surface area contributed by atoms with Gasteiger partial charge in [-0.05, 0) is 42.5 Å². The van der Waals surface area contributed by atoms with E-state index in [0.717, 1.165) is 0 Å². The van der Waals surface area contributed by atoms with Crippen molar-refractivity contribution >= 4 is 10.9 Å². The SMILES string of the molecule is Cc1cc(C(C)C)nc(C(C)C)c1-n1c2ccccc2c[n+]1C. The van der Waals surface area contributed by atoms with Gasteiger partial charge in [-0.1, -0.05) is 39.8 Å². The zero-order valence-corrected chi connectivity index (χ0v) is 15.0. The van der Waals surface area contributed by atoms with Crippen molar-refractivity contribution in [3.05, 3.63) is 53.5 Å². The number of hydrogen-bond acceptors (Lipinski definition) is 1. The van der Waals surface area contributed by atoms with Crippen LogP contribution in [0, 0.1) is 6.92 Å². The molecule has 3 nitrogen and oxygen atoms in total. The number of hydrogen-bond donors (Lipinski definition) is 0. The highest BCUT2D eigenvalue weighted by Gasteiger charge is 2.23. The van der Waals surface area contributed by atoms with Crippen LogP contribution in [0.25, 0.3) is 16.6 Å². The quantitative estimate of drug-likeness (QED) is 0.657. The van der Waals surface area contributed by atoms with Crippen LogP contribution in [0.5, 0.6) is 0 Å². The van der Waals surface area contributed by atoms with Gasteiger partial charge in [0.15, 0.2) is 7.05 Å². The second kappa shape index (κ2) is 5.80. The van der Waals surface area contributed by atoms with Crippen LogP contribution in [0.2, 0.25) is 0 Å². The fourth-order valence-corrected chi connectivity index (χ4v) is 3.19. The van der Waals surface area contributed by atoms with Gasteiger partial charge >= 0.3 is 0 Å². The molecule has 3 aromatic rings. The molecule has 0 saturated heterocycles. The number of pyridine rings is 1. The Labute approximate surface area is 138 Å². The number of nitrogens with zero attached hydrogens (tertiary/aromatic N) is 3. The first-order chi connectivity index (χ1) is 10.9. The first-order valence-electron chi connectivity index (χ1n) is 8.38. The number of rotatable bonds is 3. The van der Waals surface area contributed by atoms with Gasteiger partial charge in [-0.15, -0.1) is 9.36 Å². The van der Waals surface area contributed by atoms with Crippen LogP contribution in [0.4, 0.5) is 0 Å². The molecule has 0 radical (unpaired) electrons. The van der Waals surface area contributed by atoms with Crippen LogP contribution >= 0.6 is 0 Å². The van der Waals surface area contributed by atoms with Crippen LogP contribution in [-0.4, -0.2) is 9.67 Å². The molecule has 0 saturated carbocycles. The fourth-order valence-electron chi connectivity index (χ4n) is 3.19. The molecule has 0 atom stereocenters. The third kappa shape index (κ3) is 2.65. The van der Waals surface area contributed by atoms with Crippen molar-refractivity contribution in [1.29, 1.82) is 0 Å². The van der Waals surface area contributed by atoms with Crippen LogP contribution < -0.4 is 4.68 Å². The predicted molar refractivity (Wildman–Crippen MR) is 95.2 cm³/mol. The Hall–Kier alpha value is -2.16. The maximum atomic E-state index is 5.00. The van der Waals surface area contributed by atoms with Gasteiger partial charge in [0.1, 0.15) is 11.2 Å². The zero-order chi connectivity index (χ0) is 16.7. The minimum Gasteiger partial charge on any atom is -0.255 e. The van der Waals surface area contributed by atoms with E-state index in [2.05, 4.69) is 87.6 Å². The van der Waals surface area contributed by atoms with Crippen molar-refractivity contribution in [3.8, 4) is 5.69 Å². The highest BCUT2D eigenvalue weighted by Crippen LogP contribution is 2.29. The van der Waals surface area contributed by atoms with Crippen LogP contribution in [0.15, 0.2) is 36.5 Å². The molecule has 3 rings (SSSR count). The molecule has 23 heavy (non-hydrogen) atoms. The Morgan fingerprint density at radius 2 is 1.74 bits per heavy atom. The van der Waals surface area contributed by atoms with E-state index in [1.165, 1.54) is 33.5 Å². The van der Waals surface area contributed by atoms with E-state index in [4.69, 9.17) is 4.98 Å². The number of benzene rings is 1. The number of aryl methyl sites for hydroxylation is 2. The summed E-state index contributed by atoms with van der Waals surface area (Å²) >= 11 is 0. The molecule has 0 aliphatic rings. The zero-order valence-electron chi connectivity index (χ0n) is 15.0. The topological polar surface area (TPSA) is 21.7 Å². The monoisotopic (exact) mass is 308 g/mol. The second-order valence-electron chi connectivity index (χ2n) is 6.98. The normalized spacial score (nSPS) is 11.8. The average Bonchev–Trinajstić information content (AvgIpc) is 2.82. The Kier molecular flexibility index (Phi) is 3.97. The van der Waals surface area contributed by atoms with Crippen molar-refractivity contribution < 1.29 is 4.68 Å². The largest absolute Gasteiger partial charge is 0.255 e. The minimum atomic E-state index is 0.378. The standard InChI is InChI=1S/C20H26N3/c1-13(2)17-11-15(5)20(19(21-17)14(3)4)23-18-10-8-7-9-16(18)12-22(23)6/h7-14H,1-6H3/q+1. The van der Waals surface area contributed by atoms with Crippen molar-refractivity contribution in [1.82, 2.24) is 9.67 Å². The maximum absolute atomic E-state index is 5.00. The van der Waals surface area contributed by atoms with Gasteiger partial charge in [-0.2, -0.15) is 0 Å². The van der Waals surface area contributed by atoms with E-state index in [1.807, 2.05) is 0 Å². The van der Waals surface area contributed by atoms with Gasteiger partial charge in [0.25, 0.3) is 0 Å². The van der Waals surface area contributed by atoms with Gasteiger partial charge in [0, 0.05) is 5.69 Å². The first kappa shape index (κ1) is 15.7. The second-order valence-corrected chi connectivity index (χ2v) is 6.98. The summed E-state index contributed by atoms with van der Waals surface area (Å²) in [6.07, 6.45) is 2.18. The molecule has 3 heteroatoms. The van der Waals surface area contributed by atoms with Gasteiger partial charge in [-0.25, -0.2) is 0 Å². The van der Waals surface area contributed by atoms with Gasteiger partial charge in [-0.3, -0.25) is 4.98 Å². The number of fused-ring (bicyclic) bond motifs is 1. The molecule has 0 N–H and O–H groups in total. The van der Waals surface area contributed by atoms with E-state index < -0.39 is 0 Å². The highest BCUT2D eigenvalue weighted by molar-refractivity contribution is 5.79.